The van der Waals surface area contributed by atoms with Crippen LogP contribution in [0.15, 0.2) is 47.1 Å². The summed E-state index contributed by atoms with van der Waals surface area (Å²) in [6.45, 7) is 2.08. The molecule has 0 unspecified atom stereocenters. The summed E-state index contributed by atoms with van der Waals surface area (Å²) in [4.78, 5) is 25.0. The molecule has 0 radical (unpaired) electrons. The molecular formula is C15H15ClN2O3. The minimum absolute atomic E-state index is 0.143. The average Bonchev–Trinajstić information content (AvgIpc) is 2.98. The predicted molar refractivity (Wildman–Crippen MR) is 80.5 cm³/mol. The molecule has 1 heterocycles. The van der Waals surface area contributed by atoms with E-state index < -0.39 is 0 Å². The normalized spacial score (nSPS) is 10.2. The van der Waals surface area contributed by atoms with E-state index in [1.54, 1.807) is 36.4 Å². The van der Waals surface area contributed by atoms with Crippen molar-refractivity contribution in [3.05, 3.63) is 53.4 Å². The summed E-state index contributed by atoms with van der Waals surface area (Å²) in [7, 11) is 0. The number of carbonyl (C=O) groups excluding carboxylic acids is 2. The molecule has 0 atom stereocenters. The van der Waals surface area contributed by atoms with Crippen LogP contribution in [0.3, 0.4) is 0 Å². The molecule has 1 N–H and O–H groups in total. The van der Waals surface area contributed by atoms with E-state index in [0.29, 0.717) is 23.8 Å². The number of para-hydroxylation sites is 1. The fraction of sp³-hybridized carbons (Fsp3) is 0.200. The van der Waals surface area contributed by atoms with Crippen LogP contribution in [0.2, 0.25) is 5.02 Å². The maximum Gasteiger partial charge on any atom is 0.287 e. The van der Waals surface area contributed by atoms with Gasteiger partial charge in [-0.3, -0.25) is 9.59 Å². The third kappa shape index (κ3) is 3.86. The Balaban J connectivity index is 1.97. The van der Waals surface area contributed by atoms with Gasteiger partial charge in [0.15, 0.2) is 5.76 Å². The van der Waals surface area contributed by atoms with E-state index in [1.165, 1.54) is 18.1 Å². The van der Waals surface area contributed by atoms with Gasteiger partial charge in [0.2, 0.25) is 5.91 Å². The molecule has 0 saturated heterocycles. The average molecular weight is 307 g/mol. The van der Waals surface area contributed by atoms with Crippen molar-refractivity contribution >= 4 is 29.1 Å². The third-order valence-corrected chi connectivity index (χ3v) is 3.21. The van der Waals surface area contributed by atoms with Crippen molar-refractivity contribution in [1.82, 2.24) is 5.32 Å². The number of benzene rings is 1. The van der Waals surface area contributed by atoms with Crippen molar-refractivity contribution in [2.24, 2.45) is 0 Å². The Hall–Kier alpha value is -2.27. The lowest BCUT2D eigenvalue weighted by molar-refractivity contribution is -0.116. The van der Waals surface area contributed by atoms with Gasteiger partial charge >= 0.3 is 0 Å². The molecule has 1 aromatic carbocycles. The molecule has 0 aliphatic heterocycles. The summed E-state index contributed by atoms with van der Waals surface area (Å²) in [5, 5.41) is 3.18. The second-order valence-electron chi connectivity index (χ2n) is 4.36. The molecule has 2 amide bonds. The number of nitrogens with zero attached hydrogens (tertiary/aromatic N) is 1. The Morgan fingerprint density at radius 2 is 2.00 bits per heavy atom. The minimum atomic E-state index is -0.317. The number of hydrogen-bond donors (Lipinski definition) is 1. The summed E-state index contributed by atoms with van der Waals surface area (Å²) < 4.78 is 4.99. The quantitative estimate of drug-likeness (QED) is 0.924. The van der Waals surface area contributed by atoms with Crippen LogP contribution in [-0.4, -0.2) is 24.9 Å². The molecule has 0 aliphatic rings. The van der Waals surface area contributed by atoms with Crippen LogP contribution in [0.1, 0.15) is 17.5 Å². The smallest absolute Gasteiger partial charge is 0.287 e. The van der Waals surface area contributed by atoms with Crippen molar-refractivity contribution in [3.63, 3.8) is 0 Å². The van der Waals surface area contributed by atoms with Gasteiger partial charge in [-0.1, -0.05) is 23.7 Å². The molecule has 2 aromatic rings. The van der Waals surface area contributed by atoms with E-state index in [-0.39, 0.29) is 17.6 Å². The first-order chi connectivity index (χ1) is 10.1. The Bertz CT molecular complexity index is 626. The monoisotopic (exact) mass is 306 g/mol. The molecule has 0 aliphatic carbocycles. The van der Waals surface area contributed by atoms with Crippen LogP contribution >= 0.6 is 11.6 Å². The lowest BCUT2D eigenvalue weighted by Crippen LogP contribution is -2.37. The molecule has 2 rings (SSSR count). The van der Waals surface area contributed by atoms with E-state index >= 15 is 0 Å². The van der Waals surface area contributed by atoms with Crippen LogP contribution in [0, 0.1) is 0 Å². The Morgan fingerprint density at radius 3 is 2.62 bits per heavy atom. The SMILES string of the molecule is CC(=O)N(CCNC(=O)c1ccco1)c1ccccc1Cl. The zero-order valence-corrected chi connectivity index (χ0v) is 12.3. The van der Waals surface area contributed by atoms with Crippen molar-refractivity contribution in [3.8, 4) is 0 Å². The Morgan fingerprint density at radius 1 is 1.24 bits per heavy atom. The largest absolute Gasteiger partial charge is 0.459 e. The summed E-state index contributed by atoms with van der Waals surface area (Å²) in [5.41, 5.74) is 0.624. The number of hydrogen-bond acceptors (Lipinski definition) is 3. The first kappa shape index (κ1) is 15.1. The topological polar surface area (TPSA) is 62.6 Å². The molecule has 110 valence electrons. The van der Waals surface area contributed by atoms with Crippen molar-refractivity contribution in [1.29, 1.82) is 0 Å². The molecule has 21 heavy (non-hydrogen) atoms. The van der Waals surface area contributed by atoms with Gasteiger partial charge in [0, 0.05) is 20.0 Å². The zero-order chi connectivity index (χ0) is 15.2. The Kier molecular flexibility index (Phi) is 5.00. The molecule has 1 aromatic heterocycles. The summed E-state index contributed by atoms with van der Waals surface area (Å²) in [5.74, 6) is -0.222. The standard InChI is InChI=1S/C15H15ClN2O3/c1-11(19)18(13-6-3-2-5-12(13)16)9-8-17-15(20)14-7-4-10-21-14/h2-7,10H,8-9H2,1H3,(H,17,20). The van der Waals surface area contributed by atoms with Gasteiger partial charge in [0.25, 0.3) is 5.91 Å². The third-order valence-electron chi connectivity index (χ3n) is 2.89. The number of rotatable bonds is 5. The van der Waals surface area contributed by atoms with Crippen LogP contribution in [-0.2, 0) is 4.79 Å². The van der Waals surface area contributed by atoms with E-state index in [9.17, 15) is 9.59 Å². The van der Waals surface area contributed by atoms with Gasteiger partial charge in [-0.25, -0.2) is 0 Å². The van der Waals surface area contributed by atoms with Crippen LogP contribution < -0.4 is 10.2 Å². The number of anilines is 1. The molecule has 0 saturated carbocycles. The van der Waals surface area contributed by atoms with Crippen molar-refractivity contribution in [2.75, 3.05) is 18.0 Å². The molecule has 5 nitrogen and oxygen atoms in total. The highest BCUT2D eigenvalue weighted by Crippen LogP contribution is 2.24. The summed E-state index contributed by atoms with van der Waals surface area (Å²) in [6.07, 6.45) is 1.43. The first-order valence-electron chi connectivity index (χ1n) is 6.44. The molecular weight excluding hydrogens is 292 g/mol. The van der Waals surface area contributed by atoms with E-state index in [4.69, 9.17) is 16.0 Å². The fourth-order valence-electron chi connectivity index (χ4n) is 1.89. The summed E-state index contributed by atoms with van der Waals surface area (Å²) >= 11 is 6.09. The van der Waals surface area contributed by atoms with Gasteiger partial charge in [-0.05, 0) is 24.3 Å². The van der Waals surface area contributed by atoms with Crippen molar-refractivity contribution in [2.45, 2.75) is 6.92 Å². The van der Waals surface area contributed by atoms with Gasteiger partial charge in [-0.15, -0.1) is 0 Å². The van der Waals surface area contributed by atoms with E-state index in [0.717, 1.165) is 0 Å². The summed E-state index contributed by atoms with van der Waals surface area (Å²) in [6, 6.07) is 10.3. The molecule has 0 fully saturated rings. The number of carbonyl (C=O) groups is 2. The van der Waals surface area contributed by atoms with Crippen LogP contribution in [0.5, 0.6) is 0 Å². The highest BCUT2D eigenvalue weighted by atomic mass is 35.5. The number of halogens is 1. The second kappa shape index (κ2) is 6.95. The highest BCUT2D eigenvalue weighted by Gasteiger charge is 2.15. The second-order valence-corrected chi connectivity index (χ2v) is 4.76. The highest BCUT2D eigenvalue weighted by molar-refractivity contribution is 6.33. The molecule has 0 spiro atoms. The van der Waals surface area contributed by atoms with Crippen LogP contribution in [0.4, 0.5) is 5.69 Å². The molecule has 6 heteroatoms. The predicted octanol–water partition coefficient (Wildman–Crippen LogP) is 2.72. The van der Waals surface area contributed by atoms with Gasteiger partial charge in [-0.2, -0.15) is 0 Å². The Labute approximate surface area is 127 Å². The van der Waals surface area contributed by atoms with E-state index in [2.05, 4.69) is 5.32 Å². The number of nitrogens with one attached hydrogen (secondary N) is 1. The number of amides is 2. The van der Waals surface area contributed by atoms with Crippen molar-refractivity contribution < 1.29 is 14.0 Å². The van der Waals surface area contributed by atoms with E-state index in [1.807, 2.05) is 0 Å². The van der Waals surface area contributed by atoms with Gasteiger partial charge in [0.1, 0.15) is 0 Å². The maximum atomic E-state index is 11.7. The van der Waals surface area contributed by atoms with Gasteiger partial charge < -0.3 is 14.6 Å². The minimum Gasteiger partial charge on any atom is -0.459 e. The fourth-order valence-corrected chi connectivity index (χ4v) is 2.13. The van der Waals surface area contributed by atoms with Gasteiger partial charge in [0.05, 0.1) is 17.0 Å². The zero-order valence-electron chi connectivity index (χ0n) is 11.5. The lowest BCUT2D eigenvalue weighted by atomic mass is 10.2. The maximum absolute atomic E-state index is 11.7. The molecule has 0 bridgehead atoms. The number of furan rings is 1. The lowest BCUT2D eigenvalue weighted by Gasteiger charge is -2.22. The first-order valence-corrected chi connectivity index (χ1v) is 6.81. The van der Waals surface area contributed by atoms with Crippen LogP contribution in [0.25, 0.3) is 0 Å².